The first-order chi connectivity index (χ1) is 27.3. The molecular formula is C28H49N10O17P3S. The molecule has 0 radical (unpaired) electrons. The van der Waals surface area contributed by atoms with Crippen LogP contribution in [0.2, 0.25) is 0 Å². The number of imidazole rings is 1. The van der Waals surface area contributed by atoms with Crippen LogP contribution in [0.5, 0.6) is 0 Å². The molecule has 1 aliphatic rings. The number of carbonyl (C=O) groups is 3. The third-order valence-electron chi connectivity index (χ3n) is 8.08. The van der Waals surface area contributed by atoms with E-state index in [1.807, 2.05) is 0 Å². The van der Waals surface area contributed by atoms with Crippen molar-refractivity contribution in [3.8, 4) is 0 Å². The van der Waals surface area contributed by atoms with Gasteiger partial charge < -0.3 is 62.4 Å². The molecular weight excluding hydrogens is 873 g/mol. The minimum absolute atomic E-state index is 0.0249. The molecule has 2 aromatic heterocycles. The number of nitrogens with two attached hydrogens (primary N) is 3. The first kappa shape index (κ1) is 50.3. The van der Waals surface area contributed by atoms with Crippen LogP contribution in [0, 0.1) is 5.41 Å². The van der Waals surface area contributed by atoms with E-state index in [1.165, 1.54) is 13.8 Å². The molecule has 2 aromatic rings. The Bertz CT molecular complexity index is 1950. The number of thioether (sulfide) groups is 1. The maximum atomic E-state index is 12.7. The second-order valence-corrected chi connectivity index (χ2v) is 18.8. The van der Waals surface area contributed by atoms with Crippen LogP contribution in [0.25, 0.3) is 11.2 Å². The van der Waals surface area contributed by atoms with Gasteiger partial charge in [-0.3, -0.25) is 37.5 Å². The SMILES string of the molecule is CC(N)=NCCCC(N)C(=O)SCCNC(=O)CCNC(=O)C(O)C(C)(C)COP(=O)(O)OP(=O)(O)OCC1OC(n2cnc3c(N)ncnc32)C(O)C1OP(=O)(O)O. The molecule has 334 valence electrons. The van der Waals surface area contributed by atoms with Crippen molar-refractivity contribution in [2.75, 3.05) is 44.3 Å². The third kappa shape index (κ3) is 16.1. The van der Waals surface area contributed by atoms with E-state index in [-0.39, 0.29) is 47.4 Å². The summed E-state index contributed by atoms with van der Waals surface area (Å²) < 4.78 is 62.1. The zero-order valence-electron chi connectivity index (χ0n) is 31.9. The average molecular weight is 923 g/mol. The number of nitrogens with zero attached hydrogens (tertiary/aromatic N) is 5. The highest BCUT2D eigenvalue weighted by atomic mass is 32.2. The number of anilines is 1. The van der Waals surface area contributed by atoms with E-state index in [0.717, 1.165) is 29.0 Å². The Morgan fingerprint density at radius 2 is 1.76 bits per heavy atom. The van der Waals surface area contributed by atoms with Gasteiger partial charge in [-0.1, -0.05) is 25.6 Å². The zero-order valence-corrected chi connectivity index (χ0v) is 35.4. The molecule has 3 heterocycles. The molecule has 8 atom stereocenters. The van der Waals surface area contributed by atoms with Gasteiger partial charge in [0.25, 0.3) is 0 Å². The van der Waals surface area contributed by atoms with Crippen LogP contribution in [0.4, 0.5) is 5.82 Å². The molecule has 0 aliphatic carbocycles. The summed E-state index contributed by atoms with van der Waals surface area (Å²) in [6.07, 6.45) is -6.00. The Kier molecular flexibility index (Phi) is 18.5. The summed E-state index contributed by atoms with van der Waals surface area (Å²) in [5.74, 6) is -0.834. The highest BCUT2D eigenvalue weighted by Gasteiger charge is 2.50. The van der Waals surface area contributed by atoms with E-state index in [2.05, 4.69) is 39.4 Å². The van der Waals surface area contributed by atoms with E-state index in [9.17, 15) is 57.9 Å². The monoisotopic (exact) mass is 922 g/mol. The number of ether oxygens (including phenoxy) is 1. The van der Waals surface area contributed by atoms with Crippen molar-refractivity contribution in [3.05, 3.63) is 12.7 Å². The molecule has 14 N–H and O–H groups in total. The molecule has 1 aliphatic heterocycles. The number of carbonyl (C=O) groups excluding carboxylic acids is 3. The first-order valence-electron chi connectivity index (χ1n) is 17.4. The molecule has 1 saturated heterocycles. The Morgan fingerprint density at radius 3 is 2.42 bits per heavy atom. The molecule has 0 aromatic carbocycles. The molecule has 3 rings (SSSR count). The number of hydrogen-bond donors (Lipinski definition) is 11. The van der Waals surface area contributed by atoms with Crippen molar-refractivity contribution < 1.29 is 80.5 Å². The van der Waals surface area contributed by atoms with Gasteiger partial charge in [-0.2, -0.15) is 4.31 Å². The molecule has 31 heteroatoms. The lowest BCUT2D eigenvalue weighted by Gasteiger charge is -2.30. The fourth-order valence-corrected chi connectivity index (χ4v) is 8.64. The van der Waals surface area contributed by atoms with Crippen LogP contribution in [0.3, 0.4) is 0 Å². The summed E-state index contributed by atoms with van der Waals surface area (Å²) in [7, 11) is -16.4. The van der Waals surface area contributed by atoms with Crippen molar-refractivity contribution in [1.82, 2.24) is 30.2 Å². The van der Waals surface area contributed by atoms with Gasteiger partial charge in [-0.25, -0.2) is 28.6 Å². The van der Waals surface area contributed by atoms with Gasteiger partial charge >= 0.3 is 23.5 Å². The maximum Gasteiger partial charge on any atom is 0.481 e. The summed E-state index contributed by atoms with van der Waals surface area (Å²) in [6, 6.07) is -0.694. The van der Waals surface area contributed by atoms with Crippen molar-refractivity contribution in [2.24, 2.45) is 21.9 Å². The number of nitrogen functional groups attached to an aromatic ring is 1. The number of phosphoric acid groups is 3. The molecule has 8 unspecified atom stereocenters. The van der Waals surface area contributed by atoms with Crippen LogP contribution < -0.4 is 27.8 Å². The first-order valence-corrected chi connectivity index (χ1v) is 22.9. The van der Waals surface area contributed by atoms with E-state index in [4.69, 9.17) is 31.0 Å². The number of amides is 2. The van der Waals surface area contributed by atoms with Crippen LogP contribution in [-0.2, 0) is 50.7 Å². The quantitative estimate of drug-likeness (QED) is 0.0238. The predicted molar refractivity (Wildman–Crippen MR) is 206 cm³/mol. The number of amidine groups is 1. The minimum atomic E-state index is -5.58. The molecule has 0 spiro atoms. The normalized spacial score (nSPS) is 22.0. The highest BCUT2D eigenvalue weighted by molar-refractivity contribution is 8.13. The fraction of sp³-hybridized carbons (Fsp3) is 0.679. The standard InChI is InChI=1S/C28H49N10O17P3S/c1-15(29)32-7-4-5-16(30)27(43)59-10-9-33-18(39)6-8-34-25(42)22(41)28(2,3)12-52-58(49,50)55-57(47,48)51-11-17-21(54-56(44,45)46)20(40)26(53-17)38-14-37-19-23(31)35-13-36-24(19)38/h13-14,16-17,20-22,26,40-41H,4-12,30H2,1-3H3,(H2,29,32)(H,33,39)(H,34,42)(H,47,48)(H,49,50)(H2,31,35,36)(H2,44,45,46). The van der Waals surface area contributed by atoms with Crippen LogP contribution >= 0.6 is 35.2 Å². The summed E-state index contributed by atoms with van der Waals surface area (Å²) in [6.45, 7) is 2.45. The van der Waals surface area contributed by atoms with E-state index < -0.39 is 90.6 Å². The number of fused-ring (bicyclic) bond motifs is 1. The average Bonchev–Trinajstić information content (AvgIpc) is 3.69. The van der Waals surface area contributed by atoms with Crippen LogP contribution in [0.15, 0.2) is 17.6 Å². The van der Waals surface area contributed by atoms with Crippen molar-refractivity contribution in [2.45, 2.75) is 76.7 Å². The lowest BCUT2D eigenvalue weighted by molar-refractivity contribution is -0.137. The van der Waals surface area contributed by atoms with E-state index in [0.29, 0.717) is 25.2 Å². The van der Waals surface area contributed by atoms with Crippen molar-refractivity contribution in [1.29, 1.82) is 0 Å². The van der Waals surface area contributed by atoms with Crippen LogP contribution in [-0.4, -0.2) is 141 Å². The summed E-state index contributed by atoms with van der Waals surface area (Å²) in [5.41, 5.74) is 15.6. The molecule has 0 saturated carbocycles. The van der Waals surface area contributed by atoms with E-state index >= 15 is 0 Å². The van der Waals surface area contributed by atoms with Crippen molar-refractivity contribution >= 4 is 75.0 Å². The lowest BCUT2D eigenvalue weighted by atomic mass is 9.87. The largest absolute Gasteiger partial charge is 0.481 e. The number of aliphatic hydroxyl groups is 2. The topological polar surface area (TPSA) is 428 Å². The highest BCUT2D eigenvalue weighted by Crippen LogP contribution is 2.61. The van der Waals surface area contributed by atoms with Gasteiger partial charge in [0.05, 0.1) is 31.4 Å². The number of aliphatic imine (C=N–C) groups is 1. The number of hydrogen-bond acceptors (Lipinski definition) is 20. The Morgan fingerprint density at radius 1 is 1.08 bits per heavy atom. The summed E-state index contributed by atoms with van der Waals surface area (Å²) in [4.78, 5) is 91.9. The number of aliphatic hydroxyl groups excluding tert-OH is 2. The minimum Gasteiger partial charge on any atom is -0.388 e. The number of nitrogens with one attached hydrogen (secondary N) is 2. The number of rotatable bonds is 24. The second kappa shape index (κ2) is 21.7. The Hall–Kier alpha value is -3.01. The molecule has 0 bridgehead atoms. The molecule has 27 nitrogen and oxygen atoms in total. The molecule has 1 fully saturated rings. The number of phosphoric ester groups is 3. The van der Waals surface area contributed by atoms with Crippen molar-refractivity contribution in [3.63, 3.8) is 0 Å². The van der Waals surface area contributed by atoms with E-state index in [1.54, 1.807) is 6.92 Å². The van der Waals surface area contributed by atoms with Gasteiger partial charge in [-0.15, -0.1) is 0 Å². The predicted octanol–water partition coefficient (Wildman–Crippen LogP) is -1.85. The van der Waals surface area contributed by atoms with Gasteiger partial charge in [0.2, 0.25) is 16.9 Å². The van der Waals surface area contributed by atoms with Crippen LogP contribution in [0.1, 0.15) is 46.3 Å². The second-order valence-electron chi connectivity index (χ2n) is 13.5. The number of aromatic nitrogens is 4. The summed E-state index contributed by atoms with van der Waals surface area (Å²) >= 11 is 0.957. The fourth-order valence-electron chi connectivity index (χ4n) is 5.07. The summed E-state index contributed by atoms with van der Waals surface area (Å²) in [5, 5.41) is 26.1. The zero-order chi connectivity index (χ0) is 44.3. The Labute approximate surface area is 340 Å². The van der Waals surface area contributed by atoms with Gasteiger partial charge in [0.15, 0.2) is 17.7 Å². The van der Waals surface area contributed by atoms with Gasteiger partial charge in [0, 0.05) is 37.2 Å². The molecule has 59 heavy (non-hydrogen) atoms. The molecule has 2 amide bonds. The van der Waals surface area contributed by atoms with Gasteiger partial charge in [-0.05, 0) is 19.8 Å². The lowest BCUT2D eigenvalue weighted by Crippen LogP contribution is -2.46. The van der Waals surface area contributed by atoms with Gasteiger partial charge in [0.1, 0.15) is 36.3 Å². The third-order valence-corrected chi connectivity index (χ3v) is 12.2. The Balaban J connectivity index is 1.45. The maximum absolute atomic E-state index is 12.7. The smallest absolute Gasteiger partial charge is 0.388 e.